The summed E-state index contributed by atoms with van der Waals surface area (Å²) in [5.74, 6) is 1.50. The van der Waals surface area contributed by atoms with E-state index in [0.29, 0.717) is 29.7 Å². The molecule has 2 aromatic rings. The summed E-state index contributed by atoms with van der Waals surface area (Å²) in [6, 6.07) is 1.63. The molecule has 6 nitrogen and oxygen atoms in total. The fourth-order valence-corrected chi connectivity index (χ4v) is 1.39. The van der Waals surface area contributed by atoms with Crippen molar-refractivity contribution in [2.75, 3.05) is 12.3 Å². The molecule has 0 bridgehead atoms. The van der Waals surface area contributed by atoms with Crippen LogP contribution in [0.25, 0.3) is 11.4 Å². The van der Waals surface area contributed by atoms with Crippen LogP contribution in [0.4, 0.5) is 5.82 Å². The molecule has 0 fully saturated rings. The van der Waals surface area contributed by atoms with E-state index in [0.717, 1.165) is 0 Å². The highest BCUT2D eigenvalue weighted by Crippen LogP contribution is 2.26. The lowest BCUT2D eigenvalue weighted by Crippen LogP contribution is -2.02. The minimum Gasteiger partial charge on any atom is -0.473 e. The Labute approximate surface area is 98.8 Å². The van der Waals surface area contributed by atoms with Crippen LogP contribution in [0.1, 0.15) is 0 Å². The fourth-order valence-electron chi connectivity index (χ4n) is 1.39. The van der Waals surface area contributed by atoms with E-state index in [1.54, 1.807) is 36.3 Å². The molecule has 0 spiro atoms. The average Bonchev–Trinajstić information content (AvgIpc) is 2.68. The third kappa shape index (κ3) is 2.25. The van der Waals surface area contributed by atoms with Crippen molar-refractivity contribution in [3.8, 4) is 17.3 Å². The van der Waals surface area contributed by atoms with Gasteiger partial charge in [-0.3, -0.25) is 0 Å². The van der Waals surface area contributed by atoms with E-state index in [-0.39, 0.29) is 0 Å². The normalized spacial score (nSPS) is 10.2. The topological polar surface area (TPSA) is 78.8 Å². The number of nitrogen functional groups attached to an aromatic ring is 1. The van der Waals surface area contributed by atoms with Gasteiger partial charge >= 0.3 is 0 Å². The zero-order valence-corrected chi connectivity index (χ0v) is 9.50. The van der Waals surface area contributed by atoms with Crippen molar-refractivity contribution in [1.82, 2.24) is 19.7 Å². The van der Waals surface area contributed by atoms with Crippen molar-refractivity contribution in [3.05, 3.63) is 31.1 Å². The van der Waals surface area contributed by atoms with Gasteiger partial charge in [-0.25, -0.2) is 14.6 Å². The monoisotopic (exact) mass is 231 g/mol. The van der Waals surface area contributed by atoms with Gasteiger partial charge in [-0.05, 0) is 6.07 Å². The minimum atomic E-state index is 0.398. The Morgan fingerprint density at radius 2 is 2.41 bits per heavy atom. The molecule has 2 heterocycles. The van der Waals surface area contributed by atoms with E-state index < -0.39 is 0 Å². The molecule has 0 aliphatic rings. The van der Waals surface area contributed by atoms with Gasteiger partial charge in [0, 0.05) is 13.2 Å². The second-order valence-electron chi connectivity index (χ2n) is 3.39. The maximum Gasteiger partial charge on any atom is 0.223 e. The molecule has 2 rings (SSSR count). The van der Waals surface area contributed by atoms with Crippen molar-refractivity contribution >= 4 is 5.82 Å². The van der Waals surface area contributed by atoms with Crippen LogP contribution in [0.15, 0.2) is 31.1 Å². The molecule has 2 aromatic heterocycles. The molecule has 0 unspecified atom stereocenters. The summed E-state index contributed by atoms with van der Waals surface area (Å²) >= 11 is 0. The molecule has 0 saturated carbocycles. The van der Waals surface area contributed by atoms with E-state index in [2.05, 4.69) is 21.6 Å². The zero-order chi connectivity index (χ0) is 12.3. The predicted octanol–water partition coefficient (Wildman–Crippen LogP) is 1.02. The highest BCUT2D eigenvalue weighted by atomic mass is 16.5. The smallest absolute Gasteiger partial charge is 0.223 e. The molecular formula is C11H13N5O. The predicted molar refractivity (Wildman–Crippen MR) is 64.3 cm³/mol. The summed E-state index contributed by atoms with van der Waals surface area (Å²) in [4.78, 5) is 8.27. The quantitative estimate of drug-likeness (QED) is 0.795. The Morgan fingerprint density at radius 3 is 3.12 bits per heavy atom. The maximum absolute atomic E-state index is 5.62. The lowest BCUT2D eigenvalue weighted by atomic mass is 10.3. The molecule has 0 atom stereocenters. The van der Waals surface area contributed by atoms with E-state index in [4.69, 9.17) is 10.5 Å². The van der Waals surface area contributed by atoms with E-state index in [9.17, 15) is 0 Å². The largest absolute Gasteiger partial charge is 0.473 e. The first-order chi connectivity index (χ1) is 8.22. The van der Waals surface area contributed by atoms with Gasteiger partial charge in [0.05, 0.1) is 6.20 Å². The van der Waals surface area contributed by atoms with Crippen molar-refractivity contribution < 1.29 is 4.74 Å². The number of rotatable bonds is 4. The summed E-state index contributed by atoms with van der Waals surface area (Å²) in [7, 11) is 1.79. The number of hydrogen-bond donors (Lipinski definition) is 1. The number of ether oxygens (including phenoxy) is 1. The van der Waals surface area contributed by atoms with Crippen LogP contribution >= 0.6 is 0 Å². The van der Waals surface area contributed by atoms with Gasteiger partial charge in [0.15, 0.2) is 5.82 Å². The highest BCUT2D eigenvalue weighted by molar-refractivity contribution is 5.61. The molecule has 17 heavy (non-hydrogen) atoms. The second kappa shape index (κ2) is 4.65. The van der Waals surface area contributed by atoms with Crippen LogP contribution in [-0.4, -0.2) is 26.4 Å². The first-order valence-corrected chi connectivity index (χ1v) is 5.07. The number of anilines is 1. The van der Waals surface area contributed by atoms with Gasteiger partial charge in [-0.15, -0.1) is 0 Å². The van der Waals surface area contributed by atoms with Gasteiger partial charge in [0.1, 0.15) is 18.0 Å². The molecule has 0 radical (unpaired) electrons. The molecule has 88 valence electrons. The Balaban J connectivity index is 2.41. The molecule has 0 aromatic carbocycles. The van der Waals surface area contributed by atoms with Gasteiger partial charge in [-0.1, -0.05) is 12.7 Å². The average molecular weight is 231 g/mol. The van der Waals surface area contributed by atoms with Crippen LogP contribution < -0.4 is 10.5 Å². The number of nitrogens with zero attached hydrogens (tertiary/aromatic N) is 4. The van der Waals surface area contributed by atoms with Crippen LogP contribution in [0.5, 0.6) is 5.88 Å². The Morgan fingerprint density at radius 1 is 1.59 bits per heavy atom. The second-order valence-corrected chi connectivity index (χ2v) is 3.39. The summed E-state index contributed by atoms with van der Waals surface area (Å²) in [6.07, 6.45) is 4.91. The molecule has 6 heteroatoms. The van der Waals surface area contributed by atoms with Crippen molar-refractivity contribution in [2.45, 2.75) is 0 Å². The van der Waals surface area contributed by atoms with Crippen LogP contribution in [0.3, 0.4) is 0 Å². The van der Waals surface area contributed by atoms with Gasteiger partial charge < -0.3 is 10.5 Å². The molecule has 2 N–H and O–H groups in total. The van der Waals surface area contributed by atoms with E-state index in [1.165, 1.54) is 0 Å². The maximum atomic E-state index is 5.62. The van der Waals surface area contributed by atoms with Crippen LogP contribution in [-0.2, 0) is 7.05 Å². The number of nitrogens with two attached hydrogens (primary N) is 1. The van der Waals surface area contributed by atoms with Gasteiger partial charge in [0.2, 0.25) is 5.88 Å². The van der Waals surface area contributed by atoms with Crippen LogP contribution in [0.2, 0.25) is 0 Å². The number of aryl methyl sites for hydroxylation is 1. The highest BCUT2D eigenvalue weighted by Gasteiger charge is 2.14. The number of hydrogen-bond acceptors (Lipinski definition) is 5. The lowest BCUT2D eigenvalue weighted by molar-refractivity contribution is 0.330. The third-order valence-corrected chi connectivity index (χ3v) is 2.14. The zero-order valence-electron chi connectivity index (χ0n) is 9.50. The summed E-state index contributed by atoms with van der Waals surface area (Å²) in [5, 5.41) is 4.11. The molecular weight excluding hydrogens is 218 g/mol. The first kappa shape index (κ1) is 11.1. The summed E-state index contributed by atoms with van der Waals surface area (Å²) in [6.45, 7) is 4.00. The standard InChI is InChI=1S/C11H13N5O/c1-3-6-17-11-8(7-14-16(11)2)10-13-5-4-9(12)15-10/h3-5,7H,1,6H2,2H3,(H2,12,13,15). The Hall–Kier alpha value is -2.37. The third-order valence-electron chi connectivity index (χ3n) is 2.14. The molecule has 0 saturated heterocycles. The summed E-state index contributed by atoms with van der Waals surface area (Å²) < 4.78 is 7.13. The Bertz CT molecular complexity index is 534. The van der Waals surface area contributed by atoms with Gasteiger partial charge in [0.25, 0.3) is 0 Å². The molecule has 0 aliphatic heterocycles. The van der Waals surface area contributed by atoms with Crippen molar-refractivity contribution in [1.29, 1.82) is 0 Å². The van der Waals surface area contributed by atoms with E-state index >= 15 is 0 Å². The van der Waals surface area contributed by atoms with Crippen molar-refractivity contribution in [2.24, 2.45) is 7.05 Å². The summed E-state index contributed by atoms with van der Waals surface area (Å²) in [5.41, 5.74) is 6.33. The minimum absolute atomic E-state index is 0.398. The molecule has 0 amide bonds. The van der Waals surface area contributed by atoms with Crippen LogP contribution in [0, 0.1) is 0 Å². The lowest BCUT2D eigenvalue weighted by Gasteiger charge is -2.06. The van der Waals surface area contributed by atoms with Crippen molar-refractivity contribution in [3.63, 3.8) is 0 Å². The fraction of sp³-hybridized carbons (Fsp3) is 0.182. The molecule has 0 aliphatic carbocycles. The first-order valence-electron chi connectivity index (χ1n) is 5.07. The van der Waals surface area contributed by atoms with E-state index in [1.807, 2.05) is 0 Å². The number of aromatic nitrogens is 4. The SMILES string of the molecule is C=CCOc1c(-c2nccc(N)n2)cnn1C. The van der Waals surface area contributed by atoms with Gasteiger partial charge in [-0.2, -0.15) is 5.10 Å². The Kier molecular flexibility index (Phi) is 3.04.